The highest BCUT2D eigenvalue weighted by atomic mass is 32.2. The maximum absolute atomic E-state index is 12.0. The lowest BCUT2D eigenvalue weighted by Crippen LogP contribution is -2.35. The van der Waals surface area contributed by atoms with Gasteiger partial charge in [-0.05, 0) is 36.2 Å². The Balaban J connectivity index is 1.58. The molecule has 0 amide bonds. The van der Waals surface area contributed by atoms with Gasteiger partial charge in [0, 0.05) is 12.6 Å². The van der Waals surface area contributed by atoms with Crippen molar-refractivity contribution < 1.29 is 13.2 Å². The lowest BCUT2D eigenvalue weighted by atomic mass is 10.1. The molecule has 1 aromatic heterocycles. The number of thiazole rings is 1. The van der Waals surface area contributed by atoms with E-state index in [4.69, 9.17) is 9.72 Å². The Labute approximate surface area is 163 Å². The summed E-state index contributed by atoms with van der Waals surface area (Å²) in [5, 5.41) is 1.02. The van der Waals surface area contributed by atoms with E-state index in [2.05, 4.69) is 11.0 Å². The van der Waals surface area contributed by atoms with Crippen molar-refractivity contribution in [1.29, 1.82) is 0 Å². The normalized spacial score (nSPS) is 19.0. The topological polar surface area (TPSA) is 59.5 Å². The SMILES string of the molecule is COc1ccc(CN(Cc2nc3ccccc3s2)[C@@H]2CCS(=O)(=O)C2)cc1. The van der Waals surface area contributed by atoms with Gasteiger partial charge >= 0.3 is 0 Å². The third-order valence-electron chi connectivity index (χ3n) is 4.95. The first-order valence-corrected chi connectivity index (χ1v) is 11.6. The maximum atomic E-state index is 12.0. The summed E-state index contributed by atoms with van der Waals surface area (Å²) < 4.78 is 30.4. The number of ether oxygens (including phenoxy) is 1. The number of methoxy groups -OCH3 is 1. The van der Waals surface area contributed by atoms with E-state index in [-0.39, 0.29) is 17.5 Å². The van der Waals surface area contributed by atoms with Gasteiger partial charge in [-0.3, -0.25) is 4.90 Å². The molecule has 1 aliphatic heterocycles. The largest absolute Gasteiger partial charge is 0.497 e. The Bertz CT molecular complexity index is 996. The Kier molecular flexibility index (Phi) is 5.16. The van der Waals surface area contributed by atoms with Gasteiger partial charge in [-0.2, -0.15) is 0 Å². The molecular formula is C20H22N2O3S2. The highest BCUT2D eigenvalue weighted by Crippen LogP contribution is 2.27. The number of rotatable bonds is 6. The average molecular weight is 403 g/mol. The van der Waals surface area contributed by atoms with Crippen molar-refractivity contribution in [2.24, 2.45) is 0 Å². The second-order valence-corrected chi connectivity index (χ2v) is 10.2. The minimum Gasteiger partial charge on any atom is -0.497 e. The molecule has 142 valence electrons. The quantitative estimate of drug-likeness (QED) is 0.632. The number of para-hydroxylation sites is 1. The first-order chi connectivity index (χ1) is 13.0. The number of sulfone groups is 1. The summed E-state index contributed by atoms with van der Waals surface area (Å²) >= 11 is 1.68. The summed E-state index contributed by atoms with van der Waals surface area (Å²) in [4.78, 5) is 6.99. The fourth-order valence-corrected chi connectivity index (χ4v) is 6.26. The molecule has 1 atom stereocenters. The van der Waals surface area contributed by atoms with E-state index in [9.17, 15) is 8.42 Å². The zero-order valence-corrected chi connectivity index (χ0v) is 16.8. The van der Waals surface area contributed by atoms with Gasteiger partial charge in [0.1, 0.15) is 10.8 Å². The van der Waals surface area contributed by atoms with Crippen molar-refractivity contribution in [3.05, 3.63) is 59.1 Å². The van der Waals surface area contributed by atoms with Gasteiger partial charge in [-0.1, -0.05) is 24.3 Å². The van der Waals surface area contributed by atoms with Crippen LogP contribution < -0.4 is 4.74 Å². The zero-order chi connectivity index (χ0) is 18.9. The van der Waals surface area contributed by atoms with Crippen molar-refractivity contribution >= 4 is 31.4 Å². The van der Waals surface area contributed by atoms with Gasteiger partial charge in [0.05, 0.1) is 35.4 Å². The van der Waals surface area contributed by atoms with E-state index in [0.29, 0.717) is 19.5 Å². The molecule has 27 heavy (non-hydrogen) atoms. The molecule has 7 heteroatoms. The molecule has 2 heterocycles. The van der Waals surface area contributed by atoms with E-state index in [1.807, 2.05) is 42.5 Å². The monoisotopic (exact) mass is 402 g/mol. The van der Waals surface area contributed by atoms with Crippen LogP contribution in [0.4, 0.5) is 0 Å². The van der Waals surface area contributed by atoms with Gasteiger partial charge in [0.25, 0.3) is 0 Å². The lowest BCUT2D eigenvalue weighted by molar-refractivity contribution is 0.194. The molecule has 0 spiro atoms. The van der Waals surface area contributed by atoms with Gasteiger partial charge in [-0.15, -0.1) is 11.3 Å². The molecule has 1 aliphatic rings. The molecule has 4 rings (SSSR count). The highest BCUT2D eigenvalue weighted by molar-refractivity contribution is 7.91. The van der Waals surface area contributed by atoms with E-state index >= 15 is 0 Å². The van der Waals surface area contributed by atoms with Crippen LogP contribution in [0.5, 0.6) is 5.75 Å². The summed E-state index contributed by atoms with van der Waals surface area (Å²) in [7, 11) is -1.29. The molecule has 1 saturated heterocycles. The fourth-order valence-electron chi connectivity index (χ4n) is 3.50. The van der Waals surface area contributed by atoms with Crippen LogP contribution in [0, 0.1) is 0 Å². The first kappa shape index (κ1) is 18.4. The Hall–Kier alpha value is -1.96. The molecule has 0 N–H and O–H groups in total. The van der Waals surface area contributed by atoms with Crippen LogP contribution in [0.25, 0.3) is 10.2 Å². The number of aromatic nitrogens is 1. The number of hydrogen-bond donors (Lipinski definition) is 0. The van der Waals surface area contributed by atoms with Gasteiger partial charge < -0.3 is 4.74 Å². The number of benzene rings is 2. The lowest BCUT2D eigenvalue weighted by Gasteiger charge is -2.27. The van der Waals surface area contributed by atoms with Crippen LogP contribution in [-0.4, -0.2) is 43.0 Å². The highest BCUT2D eigenvalue weighted by Gasteiger charge is 2.32. The van der Waals surface area contributed by atoms with Crippen LogP contribution in [0.3, 0.4) is 0 Å². The number of nitrogens with zero attached hydrogens (tertiary/aromatic N) is 2. The van der Waals surface area contributed by atoms with E-state index in [1.54, 1.807) is 18.4 Å². The second-order valence-electron chi connectivity index (χ2n) is 6.89. The van der Waals surface area contributed by atoms with Crippen molar-refractivity contribution in [1.82, 2.24) is 9.88 Å². The van der Waals surface area contributed by atoms with E-state index < -0.39 is 9.84 Å². The Morgan fingerprint density at radius 3 is 2.59 bits per heavy atom. The van der Waals surface area contributed by atoms with Crippen LogP contribution >= 0.6 is 11.3 Å². The molecular weight excluding hydrogens is 380 g/mol. The molecule has 0 radical (unpaired) electrons. The minimum atomic E-state index is -2.94. The van der Waals surface area contributed by atoms with Gasteiger partial charge in [0.15, 0.2) is 9.84 Å². The number of fused-ring (bicyclic) bond motifs is 1. The van der Waals surface area contributed by atoms with Gasteiger partial charge in [-0.25, -0.2) is 13.4 Å². The molecule has 2 aromatic carbocycles. The molecule has 0 bridgehead atoms. The van der Waals surface area contributed by atoms with Crippen molar-refractivity contribution in [3.63, 3.8) is 0 Å². The maximum Gasteiger partial charge on any atom is 0.151 e. The van der Waals surface area contributed by atoms with E-state index in [0.717, 1.165) is 26.5 Å². The fraction of sp³-hybridized carbons (Fsp3) is 0.350. The Morgan fingerprint density at radius 1 is 1.15 bits per heavy atom. The second kappa shape index (κ2) is 7.58. The van der Waals surface area contributed by atoms with Crippen molar-refractivity contribution in [2.75, 3.05) is 18.6 Å². The molecule has 0 saturated carbocycles. The predicted molar refractivity (Wildman–Crippen MR) is 109 cm³/mol. The molecule has 5 nitrogen and oxygen atoms in total. The number of hydrogen-bond acceptors (Lipinski definition) is 6. The molecule has 3 aromatic rings. The third kappa shape index (κ3) is 4.31. The van der Waals surface area contributed by atoms with Crippen molar-refractivity contribution in [3.8, 4) is 5.75 Å². The smallest absolute Gasteiger partial charge is 0.151 e. The predicted octanol–water partition coefficient (Wildman–Crippen LogP) is 3.49. The standard InChI is InChI=1S/C20H22N2O3S2/c1-25-17-8-6-15(7-9-17)12-22(16-10-11-27(23,24)14-16)13-20-21-18-4-2-3-5-19(18)26-20/h2-9,16H,10-14H2,1H3/t16-/m1/s1. The third-order valence-corrected chi connectivity index (χ3v) is 7.72. The van der Waals surface area contributed by atoms with Crippen LogP contribution in [-0.2, 0) is 22.9 Å². The molecule has 1 fully saturated rings. The van der Waals surface area contributed by atoms with Crippen LogP contribution in [0.2, 0.25) is 0 Å². The minimum absolute atomic E-state index is 0.0316. The summed E-state index contributed by atoms with van der Waals surface area (Å²) in [6.07, 6.45) is 0.684. The average Bonchev–Trinajstić information content (AvgIpc) is 3.24. The molecule has 0 aliphatic carbocycles. The van der Waals surface area contributed by atoms with E-state index in [1.165, 1.54) is 0 Å². The summed E-state index contributed by atoms with van der Waals surface area (Å²) in [5.41, 5.74) is 2.14. The molecule has 0 unspecified atom stereocenters. The Morgan fingerprint density at radius 2 is 1.93 bits per heavy atom. The summed E-state index contributed by atoms with van der Waals surface area (Å²) in [6.45, 7) is 1.35. The first-order valence-electron chi connectivity index (χ1n) is 8.94. The van der Waals surface area contributed by atoms with Crippen molar-refractivity contribution in [2.45, 2.75) is 25.6 Å². The summed E-state index contributed by atoms with van der Waals surface area (Å²) in [5.74, 6) is 1.32. The van der Waals surface area contributed by atoms with Crippen LogP contribution in [0.1, 0.15) is 17.0 Å². The van der Waals surface area contributed by atoms with Crippen LogP contribution in [0.15, 0.2) is 48.5 Å². The summed E-state index contributed by atoms with van der Waals surface area (Å²) in [6, 6.07) is 16.1. The van der Waals surface area contributed by atoms with Gasteiger partial charge in [0.2, 0.25) is 0 Å². The zero-order valence-electron chi connectivity index (χ0n) is 15.2.